The molecular formula is C13H23N3. The predicted molar refractivity (Wildman–Crippen MR) is 67.9 cm³/mol. The van der Waals surface area contributed by atoms with Gasteiger partial charge in [0, 0.05) is 12.1 Å². The molecule has 1 aliphatic heterocycles. The number of hydrogen-bond donors (Lipinski definition) is 1. The Kier molecular flexibility index (Phi) is 3.52. The van der Waals surface area contributed by atoms with E-state index in [2.05, 4.69) is 36.8 Å². The molecule has 2 heterocycles. The number of aromatic nitrogens is 2. The molecule has 0 saturated carbocycles. The minimum Gasteiger partial charge on any atom is -0.367 e. The number of nitrogens with one attached hydrogen (secondary N) is 1. The summed E-state index contributed by atoms with van der Waals surface area (Å²) in [6.07, 6.45) is 5.86. The third kappa shape index (κ3) is 2.08. The lowest BCUT2D eigenvalue weighted by Crippen LogP contribution is -2.31. The smallest absolute Gasteiger partial charge is 0.125 e. The molecule has 2 unspecified atom stereocenters. The number of aryl methyl sites for hydroxylation is 1. The molecule has 0 aromatic carbocycles. The van der Waals surface area contributed by atoms with Gasteiger partial charge >= 0.3 is 0 Å². The third-order valence-corrected chi connectivity index (χ3v) is 3.51. The molecule has 1 aromatic heterocycles. The van der Waals surface area contributed by atoms with Crippen LogP contribution in [0.2, 0.25) is 0 Å². The quantitative estimate of drug-likeness (QED) is 0.844. The standard InChI is InChI=1S/C13H23N3/c1-4-7-11-9-13-14-10(5-2)8-12(6-3)16(13)15-11/h9-10,12,14H,4-8H2,1-3H3. The summed E-state index contributed by atoms with van der Waals surface area (Å²) in [5, 5.41) is 8.31. The molecule has 1 aromatic rings. The second-order valence-corrected chi connectivity index (χ2v) is 4.76. The van der Waals surface area contributed by atoms with Crippen LogP contribution in [0.5, 0.6) is 0 Å². The van der Waals surface area contributed by atoms with Crippen molar-refractivity contribution in [3.63, 3.8) is 0 Å². The van der Waals surface area contributed by atoms with Crippen LogP contribution in [0, 0.1) is 0 Å². The van der Waals surface area contributed by atoms with E-state index in [9.17, 15) is 0 Å². The highest BCUT2D eigenvalue weighted by molar-refractivity contribution is 5.40. The van der Waals surface area contributed by atoms with Crippen molar-refractivity contribution in [1.29, 1.82) is 0 Å². The van der Waals surface area contributed by atoms with Gasteiger partial charge in [-0.1, -0.05) is 27.2 Å². The zero-order chi connectivity index (χ0) is 11.5. The summed E-state index contributed by atoms with van der Waals surface area (Å²) in [4.78, 5) is 0. The number of anilines is 1. The second-order valence-electron chi connectivity index (χ2n) is 4.76. The van der Waals surface area contributed by atoms with Gasteiger partial charge < -0.3 is 5.32 Å². The maximum Gasteiger partial charge on any atom is 0.125 e. The largest absolute Gasteiger partial charge is 0.367 e. The highest BCUT2D eigenvalue weighted by atomic mass is 15.4. The Morgan fingerprint density at radius 3 is 2.81 bits per heavy atom. The van der Waals surface area contributed by atoms with Gasteiger partial charge in [-0.3, -0.25) is 0 Å². The summed E-state index contributed by atoms with van der Waals surface area (Å²) in [5.41, 5.74) is 1.24. The molecule has 3 nitrogen and oxygen atoms in total. The van der Waals surface area contributed by atoms with Gasteiger partial charge in [0.2, 0.25) is 0 Å². The van der Waals surface area contributed by atoms with E-state index >= 15 is 0 Å². The van der Waals surface area contributed by atoms with E-state index in [1.165, 1.54) is 37.2 Å². The lowest BCUT2D eigenvalue weighted by Gasteiger charge is -2.31. The van der Waals surface area contributed by atoms with Gasteiger partial charge in [-0.15, -0.1) is 0 Å². The highest BCUT2D eigenvalue weighted by Gasteiger charge is 2.25. The van der Waals surface area contributed by atoms with Crippen LogP contribution in [0.4, 0.5) is 5.82 Å². The van der Waals surface area contributed by atoms with Crippen LogP contribution in [0.3, 0.4) is 0 Å². The topological polar surface area (TPSA) is 29.9 Å². The fourth-order valence-corrected chi connectivity index (χ4v) is 2.51. The molecule has 90 valence electrons. The summed E-state index contributed by atoms with van der Waals surface area (Å²) in [6, 6.07) is 3.45. The molecule has 0 aliphatic carbocycles. The molecule has 0 saturated heterocycles. The van der Waals surface area contributed by atoms with E-state index in [1.807, 2.05) is 0 Å². The molecule has 0 spiro atoms. The third-order valence-electron chi connectivity index (χ3n) is 3.51. The van der Waals surface area contributed by atoms with Crippen molar-refractivity contribution in [2.75, 3.05) is 5.32 Å². The number of nitrogens with zero attached hydrogens (tertiary/aromatic N) is 2. The van der Waals surface area contributed by atoms with Crippen LogP contribution in [0.15, 0.2) is 6.07 Å². The molecule has 2 atom stereocenters. The summed E-state index contributed by atoms with van der Waals surface area (Å²) in [7, 11) is 0. The Morgan fingerprint density at radius 2 is 2.19 bits per heavy atom. The summed E-state index contributed by atoms with van der Waals surface area (Å²) in [6.45, 7) is 6.72. The van der Waals surface area contributed by atoms with E-state index < -0.39 is 0 Å². The van der Waals surface area contributed by atoms with Crippen LogP contribution in [0.25, 0.3) is 0 Å². The average Bonchev–Trinajstić information content (AvgIpc) is 2.70. The number of fused-ring (bicyclic) bond motifs is 1. The van der Waals surface area contributed by atoms with Crippen LogP contribution >= 0.6 is 0 Å². The zero-order valence-corrected chi connectivity index (χ0v) is 10.7. The van der Waals surface area contributed by atoms with Crippen LogP contribution in [-0.4, -0.2) is 15.8 Å². The van der Waals surface area contributed by atoms with Crippen molar-refractivity contribution >= 4 is 5.82 Å². The van der Waals surface area contributed by atoms with Gasteiger partial charge in [-0.2, -0.15) is 5.10 Å². The molecule has 3 heteroatoms. The minimum atomic E-state index is 0.590. The summed E-state index contributed by atoms with van der Waals surface area (Å²) >= 11 is 0. The fraction of sp³-hybridized carbons (Fsp3) is 0.769. The maximum absolute atomic E-state index is 4.72. The lowest BCUT2D eigenvalue weighted by atomic mass is 10.0. The monoisotopic (exact) mass is 221 g/mol. The molecule has 16 heavy (non-hydrogen) atoms. The van der Waals surface area contributed by atoms with Gasteiger partial charge in [-0.25, -0.2) is 4.68 Å². The van der Waals surface area contributed by atoms with Crippen molar-refractivity contribution in [3.8, 4) is 0 Å². The first kappa shape index (κ1) is 11.5. The van der Waals surface area contributed by atoms with Crippen molar-refractivity contribution in [2.24, 2.45) is 0 Å². The van der Waals surface area contributed by atoms with Crippen molar-refractivity contribution in [2.45, 2.75) is 65.0 Å². The SMILES string of the molecule is CCCc1cc2n(n1)C(CC)CC(CC)N2. The van der Waals surface area contributed by atoms with Crippen molar-refractivity contribution < 1.29 is 0 Å². The van der Waals surface area contributed by atoms with Gasteiger partial charge in [0.25, 0.3) is 0 Å². The first-order chi connectivity index (χ1) is 7.78. The van der Waals surface area contributed by atoms with E-state index in [0.29, 0.717) is 12.1 Å². The van der Waals surface area contributed by atoms with Crippen molar-refractivity contribution in [3.05, 3.63) is 11.8 Å². The Hall–Kier alpha value is -0.990. The highest BCUT2D eigenvalue weighted by Crippen LogP contribution is 2.30. The Labute approximate surface area is 98.2 Å². The number of rotatable bonds is 4. The first-order valence-electron chi connectivity index (χ1n) is 6.63. The van der Waals surface area contributed by atoms with Gasteiger partial charge in [-0.05, 0) is 25.7 Å². The minimum absolute atomic E-state index is 0.590. The van der Waals surface area contributed by atoms with Crippen LogP contribution in [-0.2, 0) is 6.42 Å². The molecule has 0 amide bonds. The second kappa shape index (κ2) is 4.89. The molecule has 0 bridgehead atoms. The number of hydrogen-bond acceptors (Lipinski definition) is 2. The van der Waals surface area contributed by atoms with Gasteiger partial charge in [0.1, 0.15) is 5.82 Å². The molecule has 0 fully saturated rings. The van der Waals surface area contributed by atoms with E-state index in [4.69, 9.17) is 5.10 Å². The maximum atomic E-state index is 4.72. The van der Waals surface area contributed by atoms with Crippen molar-refractivity contribution in [1.82, 2.24) is 9.78 Å². The Balaban J connectivity index is 2.24. The first-order valence-corrected chi connectivity index (χ1v) is 6.63. The van der Waals surface area contributed by atoms with E-state index in [-0.39, 0.29) is 0 Å². The molecule has 0 radical (unpaired) electrons. The van der Waals surface area contributed by atoms with Crippen LogP contribution < -0.4 is 5.32 Å². The molecule has 2 rings (SSSR count). The summed E-state index contributed by atoms with van der Waals surface area (Å²) < 4.78 is 2.21. The van der Waals surface area contributed by atoms with E-state index in [1.54, 1.807) is 0 Å². The average molecular weight is 221 g/mol. The van der Waals surface area contributed by atoms with Gasteiger partial charge in [0.15, 0.2) is 0 Å². The summed E-state index contributed by atoms with van der Waals surface area (Å²) in [5.74, 6) is 1.23. The Morgan fingerprint density at radius 1 is 1.38 bits per heavy atom. The normalized spacial score (nSPS) is 23.9. The zero-order valence-electron chi connectivity index (χ0n) is 10.7. The predicted octanol–water partition coefficient (Wildman–Crippen LogP) is 3.38. The molecular weight excluding hydrogens is 198 g/mol. The van der Waals surface area contributed by atoms with Gasteiger partial charge in [0.05, 0.1) is 11.7 Å². The fourth-order valence-electron chi connectivity index (χ4n) is 2.51. The molecule has 1 aliphatic rings. The van der Waals surface area contributed by atoms with Crippen LogP contribution in [0.1, 0.15) is 58.2 Å². The lowest BCUT2D eigenvalue weighted by molar-refractivity contribution is 0.361. The molecule has 1 N–H and O–H groups in total. The Bertz CT molecular complexity index is 343. The van der Waals surface area contributed by atoms with E-state index in [0.717, 1.165) is 6.42 Å².